The number of benzene rings is 1. The van der Waals surface area contributed by atoms with Gasteiger partial charge in [0.1, 0.15) is 18.7 Å². The summed E-state index contributed by atoms with van der Waals surface area (Å²) in [4.78, 5) is 81.8. The lowest BCUT2D eigenvalue weighted by Gasteiger charge is -2.35. The number of nitrogens with one attached hydrogen (secondary N) is 5. The van der Waals surface area contributed by atoms with Crippen molar-refractivity contribution in [3.05, 3.63) is 48.0 Å². The molecular formula is C38H58N6O7. The molecule has 1 aliphatic heterocycles. The fourth-order valence-electron chi connectivity index (χ4n) is 6.91. The topological polar surface area (TPSA) is 175 Å². The van der Waals surface area contributed by atoms with Gasteiger partial charge in [0.2, 0.25) is 17.6 Å². The van der Waals surface area contributed by atoms with Crippen LogP contribution in [0.4, 0.5) is 9.59 Å². The lowest BCUT2D eigenvalue weighted by atomic mass is 9.87. The van der Waals surface area contributed by atoms with Crippen molar-refractivity contribution in [3.63, 3.8) is 0 Å². The monoisotopic (exact) mass is 710 g/mol. The second-order valence-corrected chi connectivity index (χ2v) is 15.0. The quantitative estimate of drug-likeness (QED) is 0.129. The van der Waals surface area contributed by atoms with Crippen LogP contribution in [-0.4, -0.2) is 90.9 Å². The molecule has 1 aromatic rings. The van der Waals surface area contributed by atoms with Gasteiger partial charge in [-0.1, -0.05) is 78.3 Å². The van der Waals surface area contributed by atoms with E-state index in [9.17, 15) is 28.8 Å². The molecule has 51 heavy (non-hydrogen) atoms. The van der Waals surface area contributed by atoms with E-state index in [-0.39, 0.29) is 49.8 Å². The Bertz CT molecular complexity index is 1400. The number of carbonyl (C=O) groups is 6. The third-order valence-corrected chi connectivity index (χ3v) is 9.85. The van der Waals surface area contributed by atoms with Gasteiger partial charge in [0.25, 0.3) is 5.91 Å². The largest absolute Gasteiger partial charge is 0.447 e. The van der Waals surface area contributed by atoms with Crippen molar-refractivity contribution in [2.75, 3.05) is 26.2 Å². The molecule has 0 radical (unpaired) electrons. The first-order valence-corrected chi connectivity index (χ1v) is 18.2. The molecule has 2 unspecified atom stereocenters. The maximum Gasteiger partial charge on any atom is 0.407 e. The maximum absolute atomic E-state index is 14.7. The minimum atomic E-state index is -1.06. The zero-order valence-electron chi connectivity index (χ0n) is 31.3. The highest BCUT2D eigenvalue weighted by Gasteiger charge is 2.47. The van der Waals surface area contributed by atoms with Gasteiger partial charge in [0, 0.05) is 19.6 Å². The fraction of sp³-hybridized carbons (Fsp3) is 0.632. The van der Waals surface area contributed by atoms with E-state index in [0.29, 0.717) is 32.2 Å². The van der Waals surface area contributed by atoms with Crippen LogP contribution in [0.1, 0.15) is 78.9 Å². The number of likely N-dealkylation sites (tertiary alicyclic amines) is 1. The van der Waals surface area contributed by atoms with E-state index >= 15 is 0 Å². The van der Waals surface area contributed by atoms with Gasteiger partial charge in [-0.05, 0) is 66.9 Å². The van der Waals surface area contributed by atoms with Gasteiger partial charge in [0.15, 0.2) is 0 Å². The molecule has 0 saturated carbocycles. The lowest BCUT2D eigenvalue weighted by molar-refractivity contribution is -0.144. The Morgan fingerprint density at radius 3 is 2.18 bits per heavy atom. The van der Waals surface area contributed by atoms with Crippen molar-refractivity contribution >= 4 is 35.6 Å². The molecule has 5 atom stereocenters. The SMILES string of the molecule is C=CCNC(=O)C(=O)C(CCC)NC(=O)[C@@H]1C(C(C)C)CCN1C(=O)[C@@H](NC(=O)N[C@H](COC(=O)NCC)C(C)(C)C)C1Cc2ccccc2C1. The van der Waals surface area contributed by atoms with Gasteiger partial charge in [-0.3, -0.25) is 19.2 Å². The van der Waals surface area contributed by atoms with Crippen molar-refractivity contribution in [2.45, 2.75) is 105 Å². The smallest absolute Gasteiger partial charge is 0.407 e. The Morgan fingerprint density at radius 2 is 1.63 bits per heavy atom. The zero-order chi connectivity index (χ0) is 37.9. The lowest BCUT2D eigenvalue weighted by Crippen LogP contribution is -2.61. The molecule has 282 valence electrons. The number of hydrogen-bond donors (Lipinski definition) is 5. The molecule has 2 aliphatic rings. The Hall–Kier alpha value is -4.42. The third-order valence-electron chi connectivity index (χ3n) is 9.85. The first-order chi connectivity index (χ1) is 24.1. The molecule has 0 aromatic heterocycles. The summed E-state index contributed by atoms with van der Waals surface area (Å²) in [5.74, 6) is -2.94. The molecule has 1 heterocycles. The van der Waals surface area contributed by atoms with Crippen LogP contribution < -0.4 is 26.6 Å². The summed E-state index contributed by atoms with van der Waals surface area (Å²) in [7, 11) is 0. The summed E-state index contributed by atoms with van der Waals surface area (Å²) < 4.78 is 5.36. The van der Waals surface area contributed by atoms with Crippen molar-refractivity contribution in [1.29, 1.82) is 0 Å². The van der Waals surface area contributed by atoms with Crippen LogP contribution in [0, 0.1) is 23.2 Å². The summed E-state index contributed by atoms with van der Waals surface area (Å²) in [5.41, 5.74) is 1.69. The number of amides is 6. The van der Waals surface area contributed by atoms with Gasteiger partial charge in [-0.15, -0.1) is 6.58 Å². The molecule has 0 bridgehead atoms. The van der Waals surface area contributed by atoms with Crippen LogP contribution in [0.5, 0.6) is 0 Å². The normalized spacial score (nSPS) is 18.9. The van der Waals surface area contributed by atoms with Crippen LogP contribution in [0.25, 0.3) is 0 Å². The molecule has 1 saturated heterocycles. The van der Waals surface area contributed by atoms with Crippen LogP contribution in [0.3, 0.4) is 0 Å². The first-order valence-electron chi connectivity index (χ1n) is 18.2. The molecule has 1 aliphatic carbocycles. The Labute approximate surface area is 302 Å². The second-order valence-electron chi connectivity index (χ2n) is 15.0. The zero-order valence-corrected chi connectivity index (χ0v) is 31.3. The van der Waals surface area contributed by atoms with Crippen LogP contribution >= 0.6 is 0 Å². The summed E-state index contributed by atoms with van der Waals surface area (Å²) in [6.07, 6.45) is 3.33. The molecule has 3 rings (SSSR count). The predicted molar refractivity (Wildman–Crippen MR) is 195 cm³/mol. The number of hydrogen-bond acceptors (Lipinski definition) is 7. The molecule has 1 fully saturated rings. The van der Waals surface area contributed by atoms with Gasteiger partial charge >= 0.3 is 12.1 Å². The van der Waals surface area contributed by atoms with Crippen LogP contribution in [0.15, 0.2) is 36.9 Å². The van der Waals surface area contributed by atoms with Crippen LogP contribution in [-0.2, 0) is 36.8 Å². The molecule has 6 amide bonds. The van der Waals surface area contributed by atoms with Crippen molar-refractivity contribution < 1.29 is 33.5 Å². The molecule has 5 N–H and O–H groups in total. The molecular weight excluding hydrogens is 652 g/mol. The third kappa shape index (κ3) is 11.0. The average molecular weight is 711 g/mol. The maximum atomic E-state index is 14.7. The Morgan fingerprint density at radius 1 is 0.980 bits per heavy atom. The standard InChI is InChI=1S/C38H58N6O7/c1-9-14-28(32(45)34(47)40-18-10-2)41-33(46)31-27(23(4)5)17-19-44(31)35(48)30(26-20-24-15-12-13-16-25(24)21-26)43-36(49)42-29(38(6,7)8)22-51-37(50)39-11-3/h10,12-13,15-16,23,26-31H,2,9,11,14,17-22H2,1,3-8H3,(H,39,50)(H,40,47)(H,41,46)(H2,42,43,49)/t27?,28?,29-,30+,31+/m1/s1. The molecule has 13 nitrogen and oxygen atoms in total. The molecule has 0 spiro atoms. The van der Waals surface area contributed by atoms with Crippen LogP contribution in [0.2, 0.25) is 0 Å². The average Bonchev–Trinajstić information content (AvgIpc) is 3.72. The van der Waals surface area contributed by atoms with E-state index in [2.05, 4.69) is 33.2 Å². The van der Waals surface area contributed by atoms with Gasteiger partial charge in [-0.2, -0.15) is 0 Å². The number of ketones is 1. The van der Waals surface area contributed by atoms with Crippen molar-refractivity contribution in [2.24, 2.45) is 23.2 Å². The minimum Gasteiger partial charge on any atom is -0.447 e. The van der Waals surface area contributed by atoms with E-state index in [0.717, 1.165) is 11.1 Å². The summed E-state index contributed by atoms with van der Waals surface area (Å²) in [5, 5.41) is 13.8. The Kier molecular flexibility index (Phi) is 15.0. The molecule has 1 aromatic carbocycles. The van der Waals surface area contributed by atoms with E-state index < -0.39 is 59.3 Å². The Balaban J connectivity index is 1.91. The second kappa shape index (κ2) is 18.7. The van der Waals surface area contributed by atoms with Gasteiger partial charge < -0.3 is 36.2 Å². The number of Topliss-reactive ketones (excluding diaryl/α,β-unsaturated/α-hetero) is 1. The van der Waals surface area contributed by atoms with E-state index in [1.807, 2.05) is 65.8 Å². The highest BCUT2D eigenvalue weighted by Crippen LogP contribution is 2.35. The van der Waals surface area contributed by atoms with E-state index in [4.69, 9.17) is 4.74 Å². The molecule has 13 heteroatoms. The van der Waals surface area contributed by atoms with Gasteiger partial charge in [0.05, 0.1) is 12.1 Å². The summed E-state index contributed by atoms with van der Waals surface area (Å²) in [6.45, 7) is 17.6. The van der Waals surface area contributed by atoms with Gasteiger partial charge in [-0.25, -0.2) is 9.59 Å². The first kappa shape index (κ1) is 41.0. The number of fused-ring (bicyclic) bond motifs is 1. The number of rotatable bonds is 16. The predicted octanol–water partition coefficient (Wildman–Crippen LogP) is 3.26. The number of alkyl carbamates (subject to hydrolysis) is 1. The van der Waals surface area contributed by atoms with Crippen molar-refractivity contribution in [1.82, 2.24) is 31.5 Å². The minimum absolute atomic E-state index is 0.0256. The highest BCUT2D eigenvalue weighted by atomic mass is 16.5. The number of urea groups is 1. The fourth-order valence-corrected chi connectivity index (χ4v) is 6.91. The number of carbonyl (C=O) groups excluding carboxylic acids is 6. The van der Waals surface area contributed by atoms with E-state index in [1.54, 1.807) is 11.8 Å². The summed E-state index contributed by atoms with van der Waals surface area (Å²) >= 11 is 0. The van der Waals surface area contributed by atoms with Crippen molar-refractivity contribution in [3.8, 4) is 0 Å². The number of ether oxygens (including phenoxy) is 1. The summed E-state index contributed by atoms with van der Waals surface area (Å²) in [6, 6.07) is 3.79. The number of nitrogens with zero attached hydrogens (tertiary/aromatic N) is 1. The van der Waals surface area contributed by atoms with E-state index in [1.165, 1.54) is 6.08 Å². The highest BCUT2D eigenvalue weighted by molar-refractivity contribution is 6.38.